The van der Waals surface area contributed by atoms with Gasteiger partial charge in [-0.3, -0.25) is 9.48 Å². The van der Waals surface area contributed by atoms with Crippen LogP contribution in [0.25, 0.3) is 27.9 Å². The molecule has 0 saturated carbocycles. The fraction of sp³-hybridized carbons (Fsp3) is 0.333. The molecule has 0 bridgehead atoms. The maximum Gasteiger partial charge on any atom is 0.263 e. The Hall–Kier alpha value is -3.04. The highest BCUT2D eigenvalue weighted by Gasteiger charge is 2.29. The molecule has 1 saturated heterocycles. The van der Waals surface area contributed by atoms with E-state index in [4.69, 9.17) is 0 Å². The number of nitrogens with zero attached hydrogens (tertiary/aromatic N) is 7. The van der Waals surface area contributed by atoms with Gasteiger partial charge in [0.15, 0.2) is 5.65 Å². The lowest BCUT2D eigenvalue weighted by atomic mass is 10.1. The molecule has 4 aromatic heterocycles. The van der Waals surface area contributed by atoms with Crippen LogP contribution in [-0.2, 0) is 7.05 Å². The largest absolute Gasteiger partial charge is 0.336 e. The number of aryl methyl sites for hydroxylation is 1. The van der Waals surface area contributed by atoms with Crippen molar-refractivity contribution in [2.45, 2.75) is 12.5 Å². The van der Waals surface area contributed by atoms with Crippen molar-refractivity contribution in [2.24, 2.45) is 7.05 Å². The third-order valence-corrected chi connectivity index (χ3v) is 6.61. The summed E-state index contributed by atoms with van der Waals surface area (Å²) in [6.45, 7) is 1.60. The number of amides is 1. The van der Waals surface area contributed by atoms with Crippen LogP contribution < -0.4 is 0 Å². The number of hydrogen-bond acceptors (Lipinski definition) is 6. The average molecular weight is 422 g/mol. The van der Waals surface area contributed by atoms with Crippen LogP contribution >= 0.6 is 11.3 Å². The molecule has 1 aliphatic heterocycles. The van der Waals surface area contributed by atoms with Crippen LogP contribution in [0.3, 0.4) is 0 Å². The van der Waals surface area contributed by atoms with Crippen LogP contribution in [0, 0.1) is 0 Å². The van der Waals surface area contributed by atoms with Crippen molar-refractivity contribution in [1.29, 1.82) is 0 Å². The molecule has 0 unspecified atom stereocenters. The molecular weight excluding hydrogens is 398 g/mol. The van der Waals surface area contributed by atoms with Gasteiger partial charge in [0, 0.05) is 61.5 Å². The smallest absolute Gasteiger partial charge is 0.263 e. The normalized spacial score (nSPS) is 16.8. The molecule has 8 nitrogen and oxygen atoms in total. The van der Waals surface area contributed by atoms with E-state index < -0.39 is 0 Å². The topological polar surface area (TPSA) is 71.6 Å². The molecule has 9 heteroatoms. The third kappa shape index (κ3) is 3.29. The van der Waals surface area contributed by atoms with Crippen molar-refractivity contribution >= 4 is 22.9 Å². The van der Waals surface area contributed by atoms with Crippen molar-refractivity contribution in [3.63, 3.8) is 0 Å². The van der Waals surface area contributed by atoms with Gasteiger partial charge in [-0.2, -0.15) is 10.2 Å². The van der Waals surface area contributed by atoms with Crippen molar-refractivity contribution < 1.29 is 4.79 Å². The molecular formula is C21H23N7OS. The van der Waals surface area contributed by atoms with E-state index in [2.05, 4.69) is 34.2 Å². The number of fused-ring (bicyclic) bond motifs is 1. The summed E-state index contributed by atoms with van der Waals surface area (Å²) < 4.78 is 3.54. The zero-order valence-corrected chi connectivity index (χ0v) is 18.0. The molecule has 154 valence electrons. The summed E-state index contributed by atoms with van der Waals surface area (Å²) in [4.78, 5) is 22.5. The van der Waals surface area contributed by atoms with E-state index >= 15 is 0 Å². The predicted octanol–water partition coefficient (Wildman–Crippen LogP) is 2.63. The zero-order valence-electron chi connectivity index (χ0n) is 17.2. The molecule has 0 aliphatic carbocycles. The first-order valence-corrected chi connectivity index (χ1v) is 10.7. The Labute approximate surface area is 178 Å². The standard InChI is InChI=1S/C21H23N7OS/c1-25(2)17-4-5-27(12-17)21(29)19-6-14(13-30-19)18-9-24-28-11-15(7-22-20(18)28)16-8-23-26(3)10-16/h6-11,13,17H,4-5,12H2,1-3H3/t17-/m1/s1. The molecule has 0 N–H and O–H groups in total. The van der Waals surface area contributed by atoms with Gasteiger partial charge in [0.2, 0.25) is 0 Å². The van der Waals surface area contributed by atoms with E-state index in [9.17, 15) is 4.79 Å². The third-order valence-electron chi connectivity index (χ3n) is 5.70. The molecule has 5 rings (SSSR count). The van der Waals surface area contributed by atoms with Gasteiger partial charge in [-0.05, 0) is 37.5 Å². The van der Waals surface area contributed by atoms with Gasteiger partial charge in [0.05, 0.1) is 17.3 Å². The van der Waals surface area contributed by atoms with Gasteiger partial charge in [0.1, 0.15) is 0 Å². The van der Waals surface area contributed by atoms with E-state index in [1.165, 1.54) is 11.3 Å². The first kappa shape index (κ1) is 19.0. The van der Waals surface area contributed by atoms with Crippen LogP contribution in [0.5, 0.6) is 0 Å². The summed E-state index contributed by atoms with van der Waals surface area (Å²) in [5.74, 6) is 0.110. The van der Waals surface area contributed by atoms with Gasteiger partial charge in [-0.25, -0.2) is 9.50 Å². The summed E-state index contributed by atoms with van der Waals surface area (Å²) in [5, 5.41) is 10.7. The highest BCUT2D eigenvalue weighted by molar-refractivity contribution is 7.12. The Kier molecular flexibility index (Phi) is 4.63. The van der Waals surface area contributed by atoms with Crippen molar-refractivity contribution in [3.05, 3.63) is 47.3 Å². The van der Waals surface area contributed by atoms with Crippen molar-refractivity contribution in [3.8, 4) is 22.3 Å². The van der Waals surface area contributed by atoms with Crippen LogP contribution in [0.2, 0.25) is 0 Å². The zero-order chi connectivity index (χ0) is 20.8. The van der Waals surface area contributed by atoms with E-state index in [1.54, 1.807) is 9.20 Å². The molecule has 1 fully saturated rings. The molecule has 5 heterocycles. The lowest BCUT2D eigenvalue weighted by Gasteiger charge is -2.19. The number of carbonyl (C=O) groups excluding carboxylic acids is 1. The molecule has 0 aromatic carbocycles. The van der Waals surface area contributed by atoms with Crippen LogP contribution in [0.15, 0.2) is 42.4 Å². The van der Waals surface area contributed by atoms with Gasteiger partial charge in [-0.15, -0.1) is 11.3 Å². The molecule has 1 aliphatic rings. The van der Waals surface area contributed by atoms with Gasteiger partial charge >= 0.3 is 0 Å². The quantitative estimate of drug-likeness (QED) is 0.507. The second-order valence-corrected chi connectivity index (χ2v) is 8.84. The number of thiophene rings is 1. The minimum atomic E-state index is 0.110. The summed E-state index contributed by atoms with van der Waals surface area (Å²) in [6, 6.07) is 2.40. The molecule has 0 spiro atoms. The van der Waals surface area contributed by atoms with Crippen molar-refractivity contribution in [1.82, 2.24) is 34.2 Å². The second-order valence-electron chi connectivity index (χ2n) is 7.93. The molecule has 30 heavy (non-hydrogen) atoms. The van der Waals surface area contributed by atoms with E-state index in [-0.39, 0.29) is 5.91 Å². The minimum Gasteiger partial charge on any atom is -0.336 e. The van der Waals surface area contributed by atoms with E-state index in [0.717, 1.165) is 52.3 Å². The van der Waals surface area contributed by atoms with Gasteiger partial charge in [-0.1, -0.05) is 0 Å². The summed E-state index contributed by atoms with van der Waals surface area (Å²) in [5.41, 5.74) is 4.62. The van der Waals surface area contributed by atoms with E-state index in [1.807, 2.05) is 54.4 Å². The summed E-state index contributed by atoms with van der Waals surface area (Å²) in [6.07, 6.45) is 10.4. The first-order valence-electron chi connectivity index (χ1n) is 9.86. The molecule has 4 aromatic rings. The number of likely N-dealkylation sites (tertiary alicyclic amines) is 1. The second kappa shape index (κ2) is 7.33. The summed E-state index contributed by atoms with van der Waals surface area (Å²) in [7, 11) is 6.03. The highest BCUT2D eigenvalue weighted by atomic mass is 32.1. The lowest BCUT2D eigenvalue weighted by Crippen LogP contribution is -2.34. The Morgan fingerprint density at radius 2 is 1.97 bits per heavy atom. The monoisotopic (exact) mass is 421 g/mol. The number of aromatic nitrogens is 5. The van der Waals surface area contributed by atoms with Crippen LogP contribution in [0.1, 0.15) is 16.1 Å². The number of likely N-dealkylation sites (N-methyl/N-ethyl adjacent to an activating group) is 1. The number of carbonyl (C=O) groups is 1. The lowest BCUT2D eigenvalue weighted by molar-refractivity contribution is 0.0788. The number of hydrogen-bond donors (Lipinski definition) is 0. The fourth-order valence-corrected chi connectivity index (χ4v) is 4.76. The Bertz CT molecular complexity index is 1220. The Morgan fingerprint density at radius 1 is 1.13 bits per heavy atom. The van der Waals surface area contributed by atoms with Gasteiger partial charge < -0.3 is 9.80 Å². The van der Waals surface area contributed by atoms with Crippen molar-refractivity contribution in [2.75, 3.05) is 27.2 Å². The van der Waals surface area contributed by atoms with Crippen LogP contribution in [0.4, 0.5) is 0 Å². The molecule has 0 radical (unpaired) electrons. The molecule has 1 atom stereocenters. The SMILES string of the molecule is CN(C)[C@@H]1CCN(C(=O)c2cc(-c3cnn4cc(-c5cnn(C)c5)cnc34)cs2)C1. The Balaban J connectivity index is 1.40. The maximum absolute atomic E-state index is 12.9. The first-order chi connectivity index (χ1) is 14.5. The highest BCUT2D eigenvalue weighted by Crippen LogP contribution is 2.30. The summed E-state index contributed by atoms with van der Waals surface area (Å²) >= 11 is 1.48. The van der Waals surface area contributed by atoms with Crippen LogP contribution in [-0.4, -0.2) is 73.3 Å². The van der Waals surface area contributed by atoms with E-state index in [0.29, 0.717) is 6.04 Å². The maximum atomic E-state index is 12.9. The fourth-order valence-electron chi connectivity index (χ4n) is 3.89. The average Bonchev–Trinajstić information content (AvgIpc) is 3.51. The number of rotatable bonds is 4. The Morgan fingerprint density at radius 3 is 2.70 bits per heavy atom. The predicted molar refractivity (Wildman–Crippen MR) is 116 cm³/mol. The molecule has 1 amide bonds. The van der Waals surface area contributed by atoms with Gasteiger partial charge in [0.25, 0.3) is 5.91 Å². The minimum absolute atomic E-state index is 0.110.